The Hall–Kier alpha value is -3.71. The number of aliphatic hydroxyl groups is 1. The number of carboxylic acid groups (broad SMARTS) is 1. The number of hydrogen-bond acceptors (Lipinski definition) is 6. The van der Waals surface area contributed by atoms with Crippen molar-refractivity contribution in [2.75, 3.05) is 6.61 Å². The van der Waals surface area contributed by atoms with Crippen molar-refractivity contribution in [3.05, 3.63) is 70.8 Å². The molecule has 0 amide bonds. The Kier molecular flexibility index (Phi) is 10.5. The molecule has 212 valence electrons. The largest absolute Gasteiger partial charge is 0.481 e. The van der Waals surface area contributed by atoms with Gasteiger partial charge in [-0.05, 0) is 93.7 Å². The molecule has 2 aliphatic rings. The van der Waals surface area contributed by atoms with Crippen LogP contribution in [0.5, 0.6) is 0 Å². The van der Waals surface area contributed by atoms with E-state index >= 15 is 0 Å². The molecule has 0 radical (unpaired) electrons. The second-order valence-corrected chi connectivity index (χ2v) is 11.4. The zero-order valence-corrected chi connectivity index (χ0v) is 23.5. The molecule has 0 heterocycles. The molecule has 0 bridgehead atoms. The molecule has 2 N–H and O–H groups in total. The standard InChI is InChI=1S/C33H38O7/c1-21(20-34)10-4-5-11-22-16-24(35)18-28(30(22)37)26-13-6-7-14-27(26)29-19-25(36)17-23(31(29)38)12-8-9-15-33(2,3)32(39)40/h6-7,13-14,16-19,21,34H,4-5,8-12,15,20H2,1-3H3,(H,39,40). The van der Waals surface area contributed by atoms with Crippen LogP contribution in [-0.4, -0.2) is 45.9 Å². The maximum Gasteiger partial charge on any atom is 0.309 e. The summed E-state index contributed by atoms with van der Waals surface area (Å²) in [6.45, 7) is 5.39. The zero-order valence-electron chi connectivity index (χ0n) is 23.5. The zero-order chi connectivity index (χ0) is 29.4. The molecule has 0 aliphatic heterocycles. The number of unbranched alkanes of at least 4 members (excludes halogenated alkanes) is 2. The Balaban J connectivity index is 1.77. The molecule has 1 aromatic rings. The van der Waals surface area contributed by atoms with Gasteiger partial charge >= 0.3 is 5.97 Å². The van der Waals surface area contributed by atoms with Crippen LogP contribution < -0.4 is 0 Å². The number of rotatable bonds is 14. The average molecular weight is 547 g/mol. The molecular weight excluding hydrogens is 508 g/mol. The second-order valence-electron chi connectivity index (χ2n) is 11.4. The van der Waals surface area contributed by atoms with Crippen LogP contribution in [0.4, 0.5) is 0 Å². The topological polar surface area (TPSA) is 126 Å². The predicted molar refractivity (Wildman–Crippen MR) is 153 cm³/mol. The van der Waals surface area contributed by atoms with Gasteiger partial charge in [-0.15, -0.1) is 0 Å². The first-order valence-electron chi connectivity index (χ1n) is 13.9. The number of carbonyl (C=O) groups excluding carboxylic acids is 4. The Bertz CT molecular complexity index is 1320. The maximum absolute atomic E-state index is 13.5. The van der Waals surface area contributed by atoms with E-state index in [-0.39, 0.29) is 46.8 Å². The number of aliphatic carboxylic acids is 1. The monoisotopic (exact) mass is 546 g/mol. The van der Waals surface area contributed by atoms with Crippen molar-refractivity contribution in [3.8, 4) is 0 Å². The van der Waals surface area contributed by atoms with E-state index in [0.717, 1.165) is 12.8 Å². The van der Waals surface area contributed by atoms with Crippen molar-refractivity contribution in [2.24, 2.45) is 11.3 Å². The normalized spacial score (nSPS) is 16.8. The average Bonchev–Trinajstić information content (AvgIpc) is 2.92. The van der Waals surface area contributed by atoms with Crippen LogP contribution >= 0.6 is 0 Å². The molecular formula is C33H38O7. The van der Waals surface area contributed by atoms with Gasteiger partial charge in [-0.3, -0.25) is 24.0 Å². The number of ketones is 4. The molecule has 2 aliphatic carbocycles. The number of allylic oxidation sites excluding steroid dienone is 8. The number of Topliss-reactive ketones (excluding diaryl/α,β-unsaturated/α-hetero) is 2. The summed E-state index contributed by atoms with van der Waals surface area (Å²) < 4.78 is 0. The van der Waals surface area contributed by atoms with Crippen LogP contribution in [-0.2, 0) is 24.0 Å². The minimum atomic E-state index is -0.878. The molecule has 40 heavy (non-hydrogen) atoms. The maximum atomic E-state index is 13.5. The third kappa shape index (κ3) is 7.69. The molecule has 3 rings (SSSR count). The van der Waals surface area contributed by atoms with Gasteiger partial charge in [-0.25, -0.2) is 0 Å². The number of carboxylic acids is 1. The molecule has 1 atom stereocenters. The van der Waals surface area contributed by atoms with E-state index in [1.165, 1.54) is 24.3 Å². The number of aliphatic hydroxyl groups excluding tert-OH is 1. The van der Waals surface area contributed by atoms with Gasteiger partial charge in [0.25, 0.3) is 0 Å². The molecule has 7 heteroatoms. The lowest BCUT2D eigenvalue weighted by molar-refractivity contribution is -0.147. The minimum absolute atomic E-state index is 0.112. The van der Waals surface area contributed by atoms with Crippen molar-refractivity contribution < 1.29 is 34.2 Å². The lowest BCUT2D eigenvalue weighted by atomic mass is 9.81. The summed E-state index contributed by atoms with van der Waals surface area (Å²) in [6, 6.07) is 6.81. The van der Waals surface area contributed by atoms with E-state index in [1.54, 1.807) is 38.1 Å². The summed E-state index contributed by atoms with van der Waals surface area (Å²) in [6.07, 6.45) is 9.97. The molecule has 7 nitrogen and oxygen atoms in total. The van der Waals surface area contributed by atoms with E-state index in [9.17, 15) is 34.2 Å². The predicted octanol–water partition coefficient (Wildman–Crippen LogP) is 5.47. The summed E-state index contributed by atoms with van der Waals surface area (Å²) in [5.74, 6) is -1.91. The lowest BCUT2D eigenvalue weighted by Gasteiger charge is -2.21. The fourth-order valence-electron chi connectivity index (χ4n) is 4.93. The van der Waals surface area contributed by atoms with Gasteiger partial charge in [0.2, 0.25) is 0 Å². The van der Waals surface area contributed by atoms with Gasteiger partial charge in [-0.1, -0.05) is 44.0 Å². The number of hydrogen-bond donors (Lipinski definition) is 2. The quantitative estimate of drug-likeness (QED) is 0.234. The van der Waals surface area contributed by atoms with E-state index in [1.807, 2.05) is 6.92 Å². The van der Waals surface area contributed by atoms with Gasteiger partial charge in [0, 0.05) is 28.9 Å². The van der Waals surface area contributed by atoms with Crippen LogP contribution in [0.2, 0.25) is 0 Å². The SMILES string of the molecule is CC(CO)CCCCC1=CC(=O)C=C(c2ccccc2C2=CC(=O)C=C(CCCCC(C)(C)C(=O)O)C2=O)C1=O. The van der Waals surface area contributed by atoms with Crippen LogP contribution in [0, 0.1) is 11.3 Å². The molecule has 0 aromatic heterocycles. The minimum Gasteiger partial charge on any atom is -0.481 e. The highest BCUT2D eigenvalue weighted by Gasteiger charge is 2.30. The van der Waals surface area contributed by atoms with Crippen LogP contribution in [0.25, 0.3) is 11.1 Å². The molecule has 0 saturated carbocycles. The van der Waals surface area contributed by atoms with Gasteiger partial charge in [-0.2, -0.15) is 0 Å². The smallest absolute Gasteiger partial charge is 0.309 e. The van der Waals surface area contributed by atoms with Gasteiger partial charge in [0.05, 0.1) is 5.41 Å². The van der Waals surface area contributed by atoms with E-state index in [4.69, 9.17) is 0 Å². The van der Waals surface area contributed by atoms with Crippen molar-refractivity contribution in [1.82, 2.24) is 0 Å². The van der Waals surface area contributed by atoms with Crippen molar-refractivity contribution in [3.63, 3.8) is 0 Å². The first-order chi connectivity index (χ1) is 18.9. The summed E-state index contributed by atoms with van der Waals surface area (Å²) in [5, 5.41) is 18.5. The van der Waals surface area contributed by atoms with Gasteiger partial charge in [0.1, 0.15) is 0 Å². The molecule has 0 saturated heterocycles. The summed E-state index contributed by atoms with van der Waals surface area (Å²) in [5.41, 5.74) is 1.13. The Morgan fingerprint density at radius 2 is 1.25 bits per heavy atom. The van der Waals surface area contributed by atoms with Crippen LogP contribution in [0.3, 0.4) is 0 Å². The van der Waals surface area contributed by atoms with Crippen molar-refractivity contribution in [2.45, 2.75) is 72.1 Å². The Morgan fingerprint density at radius 3 is 1.70 bits per heavy atom. The Morgan fingerprint density at radius 1 is 0.775 bits per heavy atom. The third-order valence-electron chi connectivity index (χ3n) is 7.57. The fraction of sp³-hybridized carbons (Fsp3) is 0.424. The lowest BCUT2D eigenvalue weighted by Crippen LogP contribution is -2.23. The van der Waals surface area contributed by atoms with Crippen molar-refractivity contribution >= 4 is 40.2 Å². The fourth-order valence-corrected chi connectivity index (χ4v) is 4.93. The molecule has 1 aromatic carbocycles. The highest BCUT2D eigenvalue weighted by atomic mass is 16.4. The first kappa shape index (κ1) is 30.8. The highest BCUT2D eigenvalue weighted by Crippen LogP contribution is 2.35. The molecule has 0 fully saturated rings. The van der Waals surface area contributed by atoms with E-state index in [2.05, 4.69) is 0 Å². The second kappa shape index (κ2) is 13.6. The summed E-state index contributed by atoms with van der Waals surface area (Å²) in [4.78, 5) is 63.5. The summed E-state index contributed by atoms with van der Waals surface area (Å²) >= 11 is 0. The number of carbonyl (C=O) groups is 5. The van der Waals surface area contributed by atoms with Gasteiger partial charge < -0.3 is 10.2 Å². The van der Waals surface area contributed by atoms with E-state index < -0.39 is 11.4 Å². The summed E-state index contributed by atoms with van der Waals surface area (Å²) in [7, 11) is 0. The third-order valence-corrected chi connectivity index (χ3v) is 7.57. The molecule has 0 spiro atoms. The first-order valence-corrected chi connectivity index (χ1v) is 13.9. The van der Waals surface area contributed by atoms with Crippen LogP contribution in [0.1, 0.15) is 83.3 Å². The highest BCUT2D eigenvalue weighted by molar-refractivity contribution is 6.40. The molecule has 1 unspecified atom stereocenters. The number of benzene rings is 1. The van der Waals surface area contributed by atoms with Gasteiger partial charge in [0.15, 0.2) is 23.1 Å². The van der Waals surface area contributed by atoms with Crippen LogP contribution in [0.15, 0.2) is 59.7 Å². The van der Waals surface area contributed by atoms with Crippen molar-refractivity contribution in [1.29, 1.82) is 0 Å². The Labute approximate surface area is 235 Å². The van der Waals surface area contributed by atoms with E-state index in [0.29, 0.717) is 60.8 Å².